The van der Waals surface area contributed by atoms with Gasteiger partial charge in [-0.1, -0.05) is 42.5 Å². The second-order valence-corrected chi connectivity index (χ2v) is 5.80. The highest BCUT2D eigenvalue weighted by atomic mass is 16.6. The Labute approximate surface area is 155 Å². The van der Waals surface area contributed by atoms with Crippen molar-refractivity contribution in [3.63, 3.8) is 0 Å². The van der Waals surface area contributed by atoms with E-state index in [0.29, 0.717) is 16.8 Å². The summed E-state index contributed by atoms with van der Waals surface area (Å²) in [6.07, 6.45) is 0.173. The quantitative estimate of drug-likeness (QED) is 0.528. The van der Waals surface area contributed by atoms with Crippen molar-refractivity contribution in [2.75, 3.05) is 5.32 Å². The van der Waals surface area contributed by atoms with Gasteiger partial charge in [-0.25, -0.2) is 4.79 Å². The first-order valence-electron chi connectivity index (χ1n) is 8.26. The van der Waals surface area contributed by atoms with E-state index in [1.54, 1.807) is 60.7 Å². The molecule has 1 heterocycles. The van der Waals surface area contributed by atoms with Gasteiger partial charge in [0.05, 0.1) is 6.26 Å². The third-order valence-corrected chi connectivity index (χ3v) is 3.82. The molecular weight excluding hydrogens is 346 g/mol. The summed E-state index contributed by atoms with van der Waals surface area (Å²) in [5, 5.41) is 2.69. The number of benzene rings is 2. The minimum atomic E-state index is -1.18. The van der Waals surface area contributed by atoms with Crippen molar-refractivity contribution in [2.45, 2.75) is 13.0 Å². The molecule has 0 spiro atoms. The molecule has 2 aromatic carbocycles. The molecule has 0 saturated carbocycles. The summed E-state index contributed by atoms with van der Waals surface area (Å²) in [5.41, 5.74) is 1.41. The van der Waals surface area contributed by atoms with Gasteiger partial charge in [-0.2, -0.15) is 0 Å². The number of nitrogens with one attached hydrogen (secondary N) is 1. The fourth-order valence-corrected chi connectivity index (χ4v) is 2.48. The van der Waals surface area contributed by atoms with Gasteiger partial charge >= 0.3 is 5.97 Å². The maximum Gasteiger partial charge on any atom is 0.375 e. The minimum absolute atomic E-state index is 0.00214. The zero-order valence-corrected chi connectivity index (χ0v) is 14.5. The maximum absolute atomic E-state index is 12.8. The van der Waals surface area contributed by atoms with Gasteiger partial charge in [0.2, 0.25) is 11.9 Å². The molecule has 1 atom stereocenters. The van der Waals surface area contributed by atoms with Crippen molar-refractivity contribution in [1.82, 2.24) is 0 Å². The number of carbonyl (C=O) groups is 3. The fraction of sp³-hybridized carbons (Fsp3) is 0.0952. The molecule has 6 heteroatoms. The highest BCUT2D eigenvalue weighted by Gasteiger charge is 2.26. The smallest absolute Gasteiger partial charge is 0.375 e. The van der Waals surface area contributed by atoms with Crippen molar-refractivity contribution in [2.24, 2.45) is 0 Å². The first-order valence-corrected chi connectivity index (χ1v) is 8.26. The molecule has 0 bridgehead atoms. The van der Waals surface area contributed by atoms with Gasteiger partial charge in [-0.3, -0.25) is 9.59 Å². The van der Waals surface area contributed by atoms with E-state index in [4.69, 9.17) is 9.15 Å². The number of Topliss-reactive ketones (excluding diaryl/α,β-unsaturated/α-hetero) is 1. The normalized spacial score (nSPS) is 11.4. The van der Waals surface area contributed by atoms with Gasteiger partial charge in [0, 0.05) is 16.8 Å². The van der Waals surface area contributed by atoms with Crippen LogP contribution >= 0.6 is 0 Å². The lowest BCUT2D eigenvalue weighted by Crippen LogP contribution is -2.26. The van der Waals surface area contributed by atoms with Crippen molar-refractivity contribution in [1.29, 1.82) is 0 Å². The van der Waals surface area contributed by atoms with E-state index in [0.717, 1.165) is 0 Å². The van der Waals surface area contributed by atoms with Gasteiger partial charge in [0.25, 0.3) is 5.91 Å². The van der Waals surface area contributed by atoms with Gasteiger partial charge in [0.1, 0.15) is 0 Å². The van der Waals surface area contributed by atoms with E-state index >= 15 is 0 Å². The van der Waals surface area contributed by atoms with Crippen LogP contribution in [0.15, 0.2) is 77.4 Å². The summed E-state index contributed by atoms with van der Waals surface area (Å²) in [6, 6.07) is 18.2. The van der Waals surface area contributed by atoms with E-state index in [2.05, 4.69) is 5.32 Å². The van der Waals surface area contributed by atoms with Crippen molar-refractivity contribution in [3.8, 4) is 0 Å². The average molecular weight is 363 g/mol. The van der Waals surface area contributed by atoms with E-state index in [9.17, 15) is 14.4 Å². The second-order valence-electron chi connectivity index (χ2n) is 5.80. The van der Waals surface area contributed by atoms with Crippen LogP contribution in [0, 0.1) is 0 Å². The molecule has 0 aliphatic carbocycles. The summed E-state index contributed by atoms with van der Waals surface area (Å²) in [6.45, 7) is 1.44. The van der Waals surface area contributed by atoms with Gasteiger partial charge in [0.15, 0.2) is 5.78 Å². The molecule has 1 amide bonds. The van der Waals surface area contributed by atoms with Crippen molar-refractivity contribution >= 4 is 23.3 Å². The van der Waals surface area contributed by atoms with Crippen LogP contribution in [0.5, 0.6) is 0 Å². The minimum Gasteiger partial charge on any atom is -0.457 e. The molecule has 136 valence electrons. The third-order valence-electron chi connectivity index (χ3n) is 3.82. The Kier molecular flexibility index (Phi) is 5.47. The lowest BCUT2D eigenvalue weighted by molar-refractivity contribution is -0.125. The molecule has 3 rings (SSSR count). The van der Waals surface area contributed by atoms with Crippen LogP contribution in [0.1, 0.15) is 39.5 Å². The van der Waals surface area contributed by atoms with E-state index in [-0.39, 0.29) is 11.5 Å². The molecule has 27 heavy (non-hydrogen) atoms. The van der Waals surface area contributed by atoms with Crippen LogP contribution in [0.3, 0.4) is 0 Å². The van der Waals surface area contributed by atoms with Gasteiger partial charge in [-0.05, 0) is 31.2 Å². The molecule has 0 aliphatic rings. The molecule has 0 aliphatic heterocycles. The highest BCUT2D eigenvalue weighted by Crippen LogP contribution is 2.22. The fourth-order valence-electron chi connectivity index (χ4n) is 2.48. The summed E-state index contributed by atoms with van der Waals surface area (Å²) < 4.78 is 10.4. The summed E-state index contributed by atoms with van der Waals surface area (Å²) in [5.74, 6) is -1.40. The van der Waals surface area contributed by atoms with Crippen molar-refractivity contribution < 1.29 is 23.5 Å². The summed E-state index contributed by atoms with van der Waals surface area (Å²) >= 11 is 0. The standard InChI is InChI=1S/C21H17NO5/c1-14(23)16-9-5-10-17(13-16)22-20(24)19(15-7-3-2-4-8-15)27-21(25)18-11-6-12-26-18/h2-13,19H,1H3,(H,22,24)/t19-/m1/s1. The van der Waals surface area contributed by atoms with Crippen LogP contribution in [0.25, 0.3) is 0 Å². The van der Waals surface area contributed by atoms with Crippen LogP contribution in [-0.2, 0) is 9.53 Å². The SMILES string of the molecule is CC(=O)c1cccc(NC(=O)[C@H](OC(=O)c2ccco2)c2ccccc2)c1. The molecule has 0 saturated heterocycles. The third kappa shape index (κ3) is 4.49. The zero-order valence-electron chi connectivity index (χ0n) is 14.5. The van der Waals surface area contributed by atoms with Crippen LogP contribution in [0.4, 0.5) is 5.69 Å². The van der Waals surface area contributed by atoms with Crippen molar-refractivity contribution in [3.05, 3.63) is 89.9 Å². The van der Waals surface area contributed by atoms with Gasteiger partial charge < -0.3 is 14.5 Å². The Morgan fingerprint density at radius 3 is 2.41 bits per heavy atom. The number of ether oxygens (including phenoxy) is 1. The molecule has 0 radical (unpaired) electrons. The molecular formula is C21H17NO5. The van der Waals surface area contributed by atoms with Gasteiger partial charge in [-0.15, -0.1) is 0 Å². The number of carbonyl (C=O) groups excluding carboxylic acids is 3. The first-order chi connectivity index (χ1) is 13.0. The van der Waals surface area contributed by atoms with Crippen LogP contribution in [-0.4, -0.2) is 17.7 Å². The molecule has 0 unspecified atom stereocenters. The number of hydrogen-bond donors (Lipinski definition) is 1. The Morgan fingerprint density at radius 1 is 0.963 bits per heavy atom. The van der Waals surface area contributed by atoms with E-state index in [1.807, 2.05) is 0 Å². The Bertz CT molecular complexity index is 948. The number of anilines is 1. The predicted molar refractivity (Wildman–Crippen MR) is 98.4 cm³/mol. The number of ketones is 1. The average Bonchev–Trinajstić information content (AvgIpc) is 3.21. The highest BCUT2D eigenvalue weighted by molar-refractivity contribution is 5.99. The monoisotopic (exact) mass is 363 g/mol. The molecule has 6 nitrogen and oxygen atoms in total. The predicted octanol–water partition coefficient (Wildman–Crippen LogP) is 4.02. The summed E-state index contributed by atoms with van der Waals surface area (Å²) in [4.78, 5) is 36.6. The number of furan rings is 1. The molecule has 3 aromatic rings. The lowest BCUT2D eigenvalue weighted by Gasteiger charge is -2.17. The number of esters is 1. The van der Waals surface area contributed by atoms with Crippen LogP contribution < -0.4 is 5.32 Å². The number of rotatable bonds is 6. The first kappa shape index (κ1) is 18.1. The summed E-state index contributed by atoms with van der Waals surface area (Å²) in [7, 11) is 0. The Morgan fingerprint density at radius 2 is 1.74 bits per heavy atom. The van der Waals surface area contributed by atoms with E-state index < -0.39 is 18.0 Å². The van der Waals surface area contributed by atoms with E-state index in [1.165, 1.54) is 19.3 Å². The molecule has 0 fully saturated rings. The van der Waals surface area contributed by atoms with Crippen LogP contribution in [0.2, 0.25) is 0 Å². The largest absolute Gasteiger partial charge is 0.457 e. The molecule has 1 aromatic heterocycles. The molecule has 1 N–H and O–H groups in total. The second kappa shape index (κ2) is 8.14. The lowest BCUT2D eigenvalue weighted by atomic mass is 10.1. The Balaban J connectivity index is 1.84. The maximum atomic E-state index is 12.8. The number of amides is 1. The zero-order chi connectivity index (χ0) is 19.2. The number of hydrogen-bond acceptors (Lipinski definition) is 5. The topological polar surface area (TPSA) is 85.6 Å². The Hall–Kier alpha value is -3.67.